The van der Waals surface area contributed by atoms with E-state index in [2.05, 4.69) is 0 Å². The first-order valence-corrected chi connectivity index (χ1v) is 3.57. The largest absolute Gasteiger partial charge is 0.478 e. The van der Waals surface area contributed by atoms with Crippen LogP contribution in [-0.4, -0.2) is 28.4 Å². The van der Waals surface area contributed by atoms with Crippen LogP contribution in [0.5, 0.6) is 0 Å². The molecular weight excluding hydrogens is 167 g/mol. The summed E-state index contributed by atoms with van der Waals surface area (Å²) in [6.07, 6.45) is 0.766. The molecule has 3 heteroatoms. The van der Waals surface area contributed by atoms with Crippen LogP contribution < -0.4 is 0 Å². The van der Waals surface area contributed by atoms with Gasteiger partial charge in [0.25, 0.3) is 0 Å². The average molecular weight is 177 g/mol. The first kappa shape index (κ1) is 11.2. The van der Waals surface area contributed by atoms with Gasteiger partial charge in [-0.15, -0.1) is 0 Å². The molecule has 0 aliphatic carbocycles. The zero-order chi connectivity index (χ0) is 8.27. The summed E-state index contributed by atoms with van der Waals surface area (Å²) in [5.74, 6) is -0.845. The van der Waals surface area contributed by atoms with Gasteiger partial charge >= 0.3 is 5.97 Å². The number of rotatable bonds is 2. The van der Waals surface area contributed by atoms with Crippen molar-refractivity contribution in [1.29, 1.82) is 0 Å². The van der Waals surface area contributed by atoms with Crippen molar-refractivity contribution in [2.24, 2.45) is 0 Å². The van der Waals surface area contributed by atoms with Gasteiger partial charge in [-0.05, 0) is 18.1 Å². The zero-order valence-corrected chi connectivity index (χ0v) is 8.10. The first-order valence-electron chi connectivity index (χ1n) is 3.57. The third-order valence-electron chi connectivity index (χ3n) is 1.63. The summed E-state index contributed by atoms with van der Waals surface area (Å²) >= 11 is 0. The molecule has 1 aromatic carbocycles. The number of benzene rings is 1. The molecule has 61 valence electrons. The Hall–Kier alpha value is -0.778. The van der Waals surface area contributed by atoms with Crippen LogP contribution >= 0.6 is 0 Å². The van der Waals surface area contributed by atoms with Crippen LogP contribution in [0.15, 0.2) is 24.3 Å². The summed E-state index contributed by atoms with van der Waals surface area (Å²) in [7, 11) is 0. The molecule has 0 atom stereocenters. The second-order valence-electron chi connectivity index (χ2n) is 2.32. The Balaban J connectivity index is 0.00000121. The molecule has 1 N–H and O–H groups in total. The summed E-state index contributed by atoms with van der Waals surface area (Å²) in [6, 6.07) is 7.05. The van der Waals surface area contributed by atoms with Crippen molar-refractivity contribution in [2.75, 3.05) is 0 Å². The fourth-order valence-corrected chi connectivity index (χ4v) is 1.04. The predicted octanol–water partition coefficient (Wildman–Crippen LogP) is 1.57. The summed E-state index contributed by atoms with van der Waals surface area (Å²) in [5, 5.41) is 8.70. The minimum Gasteiger partial charge on any atom is -0.478 e. The van der Waals surface area contributed by atoms with E-state index in [1.165, 1.54) is 0 Å². The monoisotopic (exact) mass is 177 g/mol. The molecule has 0 amide bonds. The molecule has 0 heterocycles. The number of hydrogen-bond donors (Lipinski definition) is 1. The Morgan fingerprint density at radius 2 is 2.00 bits per heavy atom. The number of hydrogen-bond acceptors (Lipinski definition) is 1. The van der Waals surface area contributed by atoms with E-state index in [9.17, 15) is 4.79 Å². The smallest absolute Gasteiger partial charge is 0.335 e. The maximum absolute atomic E-state index is 10.6. The molecule has 0 saturated heterocycles. The van der Waals surface area contributed by atoms with Crippen molar-refractivity contribution in [3.8, 4) is 0 Å². The first-order chi connectivity index (χ1) is 5.25. The Kier molecular flexibility index (Phi) is 4.65. The fraction of sp³-hybridized carbons (Fsp3) is 0.222. The molecule has 0 aliphatic heterocycles. The molecular formula is C9H10AlO2. The normalized spacial score (nSPS) is 8.75. The Labute approximate surface area is 82.4 Å². The Morgan fingerprint density at radius 1 is 1.42 bits per heavy atom. The lowest BCUT2D eigenvalue weighted by molar-refractivity contribution is 0.0696. The predicted molar refractivity (Wildman–Crippen MR) is 48.5 cm³/mol. The van der Waals surface area contributed by atoms with E-state index in [4.69, 9.17) is 5.11 Å². The van der Waals surface area contributed by atoms with Crippen molar-refractivity contribution in [3.05, 3.63) is 35.4 Å². The summed E-state index contributed by atoms with van der Waals surface area (Å²) in [4.78, 5) is 10.6. The molecule has 0 aromatic heterocycles. The molecule has 2 nitrogen and oxygen atoms in total. The van der Waals surface area contributed by atoms with Gasteiger partial charge in [0.05, 0.1) is 5.56 Å². The highest BCUT2D eigenvalue weighted by molar-refractivity contribution is 5.89. The highest BCUT2D eigenvalue weighted by atomic mass is 27.0. The molecule has 0 saturated carbocycles. The van der Waals surface area contributed by atoms with Crippen molar-refractivity contribution >= 4 is 23.3 Å². The maximum Gasteiger partial charge on any atom is 0.335 e. The van der Waals surface area contributed by atoms with Gasteiger partial charge < -0.3 is 5.11 Å². The second kappa shape index (κ2) is 4.97. The summed E-state index contributed by atoms with van der Waals surface area (Å²) < 4.78 is 0. The molecule has 0 aliphatic rings. The fourth-order valence-electron chi connectivity index (χ4n) is 1.04. The quantitative estimate of drug-likeness (QED) is 0.696. The van der Waals surface area contributed by atoms with Crippen LogP contribution in [0, 0.1) is 0 Å². The van der Waals surface area contributed by atoms with Gasteiger partial charge in [0.15, 0.2) is 0 Å². The lowest BCUT2D eigenvalue weighted by Gasteiger charge is -2.00. The lowest BCUT2D eigenvalue weighted by Crippen LogP contribution is -2.00. The van der Waals surface area contributed by atoms with Crippen molar-refractivity contribution in [2.45, 2.75) is 13.3 Å². The number of carboxylic acid groups (broad SMARTS) is 1. The van der Waals surface area contributed by atoms with Crippen LogP contribution in [0.2, 0.25) is 0 Å². The summed E-state index contributed by atoms with van der Waals surface area (Å²) in [6.45, 7) is 1.95. The van der Waals surface area contributed by atoms with E-state index in [0.717, 1.165) is 12.0 Å². The highest BCUT2D eigenvalue weighted by Crippen LogP contribution is 2.08. The van der Waals surface area contributed by atoms with Crippen molar-refractivity contribution in [3.63, 3.8) is 0 Å². The average Bonchev–Trinajstić information content (AvgIpc) is 2.04. The van der Waals surface area contributed by atoms with Crippen LogP contribution in [0.3, 0.4) is 0 Å². The van der Waals surface area contributed by atoms with Crippen LogP contribution in [0.1, 0.15) is 22.8 Å². The SMILES string of the molecule is CCc1ccccc1C(=O)O.[Al]. The summed E-state index contributed by atoms with van der Waals surface area (Å²) in [5.41, 5.74) is 1.30. The Morgan fingerprint density at radius 3 is 2.42 bits per heavy atom. The number of aryl methyl sites for hydroxylation is 1. The van der Waals surface area contributed by atoms with E-state index in [1.807, 2.05) is 19.1 Å². The van der Waals surface area contributed by atoms with Gasteiger partial charge in [-0.3, -0.25) is 0 Å². The van der Waals surface area contributed by atoms with Gasteiger partial charge in [-0.1, -0.05) is 25.1 Å². The van der Waals surface area contributed by atoms with E-state index in [-0.39, 0.29) is 17.4 Å². The van der Waals surface area contributed by atoms with Crippen LogP contribution in [-0.2, 0) is 6.42 Å². The molecule has 12 heavy (non-hydrogen) atoms. The molecule has 1 rings (SSSR count). The van der Waals surface area contributed by atoms with E-state index in [1.54, 1.807) is 12.1 Å². The van der Waals surface area contributed by atoms with Gasteiger partial charge in [-0.25, -0.2) is 4.79 Å². The zero-order valence-electron chi connectivity index (χ0n) is 6.95. The van der Waals surface area contributed by atoms with E-state index in [0.29, 0.717) is 5.56 Å². The van der Waals surface area contributed by atoms with Gasteiger partial charge in [0.1, 0.15) is 0 Å². The minimum atomic E-state index is -0.845. The lowest BCUT2D eigenvalue weighted by atomic mass is 10.1. The van der Waals surface area contributed by atoms with E-state index >= 15 is 0 Å². The number of carbonyl (C=O) groups is 1. The maximum atomic E-state index is 10.6. The molecule has 3 radical (unpaired) electrons. The molecule has 0 spiro atoms. The number of carboxylic acids is 1. The number of aromatic carboxylic acids is 1. The minimum absolute atomic E-state index is 0. The Bertz CT molecular complexity index is 271. The van der Waals surface area contributed by atoms with Gasteiger partial charge in [0, 0.05) is 17.4 Å². The second-order valence-corrected chi connectivity index (χ2v) is 2.32. The van der Waals surface area contributed by atoms with Gasteiger partial charge in [-0.2, -0.15) is 0 Å². The van der Waals surface area contributed by atoms with Gasteiger partial charge in [0.2, 0.25) is 0 Å². The van der Waals surface area contributed by atoms with E-state index < -0.39 is 5.97 Å². The van der Waals surface area contributed by atoms with Crippen molar-refractivity contribution in [1.82, 2.24) is 0 Å². The molecule has 1 aromatic rings. The molecule has 0 fully saturated rings. The molecule has 0 bridgehead atoms. The van der Waals surface area contributed by atoms with Crippen LogP contribution in [0.4, 0.5) is 0 Å². The molecule has 0 unspecified atom stereocenters. The standard InChI is InChI=1S/C9H10O2.Al/c1-2-7-5-3-4-6-8(7)9(10)11;/h3-6H,2H2,1H3,(H,10,11);. The third-order valence-corrected chi connectivity index (χ3v) is 1.63. The highest BCUT2D eigenvalue weighted by Gasteiger charge is 2.05. The topological polar surface area (TPSA) is 37.3 Å². The van der Waals surface area contributed by atoms with Crippen molar-refractivity contribution < 1.29 is 9.90 Å². The van der Waals surface area contributed by atoms with Crippen LogP contribution in [0.25, 0.3) is 0 Å². The third kappa shape index (κ3) is 2.37.